The molecular weight excluding hydrogens is 300 g/mol. The van der Waals surface area contributed by atoms with Gasteiger partial charge in [0.1, 0.15) is 11.3 Å². The average Bonchev–Trinajstić information content (AvgIpc) is 2.65. The lowest BCUT2D eigenvalue weighted by Crippen LogP contribution is -2.07. The second-order valence-corrected chi connectivity index (χ2v) is 5.51. The molecule has 2 aromatic rings. The largest absolute Gasteiger partial charge is 0.456 e. The molecular formula is C19H16N4O. The molecule has 1 heterocycles. The van der Waals surface area contributed by atoms with Crippen LogP contribution in [-0.2, 0) is 0 Å². The predicted octanol–water partition coefficient (Wildman–Crippen LogP) is 3.26. The Morgan fingerprint density at radius 2 is 1.75 bits per heavy atom. The van der Waals surface area contributed by atoms with Gasteiger partial charge in [0.15, 0.2) is 0 Å². The summed E-state index contributed by atoms with van der Waals surface area (Å²) in [6, 6.07) is 21.8. The second-order valence-electron chi connectivity index (χ2n) is 5.51. The van der Waals surface area contributed by atoms with Crippen molar-refractivity contribution >= 4 is 16.7 Å². The fourth-order valence-corrected chi connectivity index (χ4v) is 2.96. The van der Waals surface area contributed by atoms with Crippen LogP contribution in [0.3, 0.4) is 0 Å². The molecule has 0 saturated carbocycles. The van der Waals surface area contributed by atoms with E-state index in [1.165, 1.54) is 0 Å². The summed E-state index contributed by atoms with van der Waals surface area (Å²) in [6.07, 6.45) is 0. The maximum absolute atomic E-state index is 6.08. The Morgan fingerprint density at radius 1 is 0.917 bits per heavy atom. The van der Waals surface area contributed by atoms with E-state index >= 15 is 0 Å². The van der Waals surface area contributed by atoms with Gasteiger partial charge in [-0.1, -0.05) is 30.3 Å². The zero-order chi connectivity index (χ0) is 16.5. The third-order valence-corrected chi connectivity index (χ3v) is 4.08. The minimum absolute atomic E-state index is 0.665. The van der Waals surface area contributed by atoms with E-state index in [-0.39, 0.29) is 0 Å². The van der Waals surface area contributed by atoms with Crippen molar-refractivity contribution in [3.8, 4) is 22.5 Å². The summed E-state index contributed by atoms with van der Waals surface area (Å²) in [7, 11) is 0. The molecule has 0 aromatic heterocycles. The van der Waals surface area contributed by atoms with Crippen LogP contribution in [0.25, 0.3) is 33.4 Å². The number of anilines is 1. The minimum Gasteiger partial charge on any atom is -0.456 e. The van der Waals surface area contributed by atoms with Crippen LogP contribution in [0, 0.1) is 0 Å². The number of nitrogens with one attached hydrogen (secondary N) is 1. The van der Waals surface area contributed by atoms with Crippen LogP contribution in [0.1, 0.15) is 0 Å². The van der Waals surface area contributed by atoms with Crippen molar-refractivity contribution in [1.82, 2.24) is 0 Å². The van der Waals surface area contributed by atoms with E-state index in [9.17, 15) is 0 Å². The molecule has 5 heteroatoms. The number of nitrogens with zero attached hydrogens (tertiary/aromatic N) is 1. The van der Waals surface area contributed by atoms with Crippen LogP contribution in [0.5, 0.6) is 0 Å². The molecule has 4 rings (SSSR count). The van der Waals surface area contributed by atoms with E-state index in [0.29, 0.717) is 5.36 Å². The first-order chi connectivity index (χ1) is 11.8. The van der Waals surface area contributed by atoms with Gasteiger partial charge in [0.2, 0.25) is 0 Å². The quantitative estimate of drug-likeness (QED) is 0.301. The second kappa shape index (κ2) is 5.72. The molecule has 5 N–H and O–H groups in total. The van der Waals surface area contributed by atoms with E-state index in [2.05, 4.69) is 22.7 Å². The van der Waals surface area contributed by atoms with Crippen molar-refractivity contribution < 1.29 is 4.42 Å². The van der Waals surface area contributed by atoms with Gasteiger partial charge in [-0.05, 0) is 29.8 Å². The molecule has 0 atom stereocenters. The molecule has 118 valence electrons. The summed E-state index contributed by atoms with van der Waals surface area (Å²) in [6.45, 7) is 0. The first-order valence-electron chi connectivity index (χ1n) is 7.57. The van der Waals surface area contributed by atoms with Crippen molar-refractivity contribution in [3.63, 3.8) is 0 Å². The molecule has 0 saturated heterocycles. The van der Waals surface area contributed by atoms with Crippen molar-refractivity contribution in [2.75, 3.05) is 5.43 Å². The van der Waals surface area contributed by atoms with Crippen LogP contribution in [0.15, 0.2) is 76.2 Å². The van der Waals surface area contributed by atoms with Crippen LogP contribution < -0.4 is 22.5 Å². The maximum atomic E-state index is 6.08. The molecule has 0 bridgehead atoms. The number of nitrogens with two attached hydrogens (primary N) is 2. The highest BCUT2D eigenvalue weighted by molar-refractivity contribution is 6.02. The number of rotatable bonds is 2. The lowest BCUT2D eigenvalue weighted by Gasteiger charge is -2.15. The molecule has 2 aliphatic rings. The van der Waals surface area contributed by atoms with E-state index in [1.54, 1.807) is 0 Å². The molecule has 0 amide bonds. The maximum Gasteiger partial charge on any atom is 0.137 e. The smallest absolute Gasteiger partial charge is 0.137 e. The SMILES string of the molecule is NN=c1ccc2c(-c3ccccc3)c3ccc(NN)cc3oc-2c1. The van der Waals surface area contributed by atoms with Crippen LogP contribution in [0.2, 0.25) is 0 Å². The molecule has 2 aromatic carbocycles. The first kappa shape index (κ1) is 14.3. The fraction of sp³-hybridized carbons (Fsp3) is 0. The normalized spacial score (nSPS) is 12.0. The van der Waals surface area contributed by atoms with E-state index in [4.69, 9.17) is 16.1 Å². The van der Waals surface area contributed by atoms with Crippen LogP contribution >= 0.6 is 0 Å². The van der Waals surface area contributed by atoms with Gasteiger partial charge in [0, 0.05) is 28.6 Å². The van der Waals surface area contributed by atoms with Gasteiger partial charge in [-0.15, -0.1) is 0 Å². The van der Waals surface area contributed by atoms with E-state index in [0.717, 1.165) is 39.1 Å². The van der Waals surface area contributed by atoms with Gasteiger partial charge in [0.05, 0.1) is 11.0 Å². The summed E-state index contributed by atoms with van der Waals surface area (Å²) in [5.74, 6) is 11.7. The van der Waals surface area contributed by atoms with Crippen LogP contribution in [-0.4, -0.2) is 0 Å². The van der Waals surface area contributed by atoms with Crippen molar-refractivity contribution in [2.24, 2.45) is 16.8 Å². The molecule has 0 radical (unpaired) electrons. The summed E-state index contributed by atoms with van der Waals surface area (Å²) < 4.78 is 6.08. The minimum atomic E-state index is 0.665. The van der Waals surface area contributed by atoms with E-state index < -0.39 is 0 Å². The number of hydrogen-bond donors (Lipinski definition) is 3. The van der Waals surface area contributed by atoms with E-state index in [1.807, 2.05) is 54.6 Å². The summed E-state index contributed by atoms with van der Waals surface area (Å²) >= 11 is 0. The molecule has 0 spiro atoms. The summed E-state index contributed by atoms with van der Waals surface area (Å²) in [4.78, 5) is 0. The Hall–Kier alpha value is -3.31. The highest BCUT2D eigenvalue weighted by atomic mass is 16.3. The monoisotopic (exact) mass is 316 g/mol. The standard InChI is InChI=1S/C19H16N4O/c20-22-13-6-8-15-17(10-13)24-18-11-14(23-21)7-9-16(18)19(15)12-4-2-1-3-5-12/h1-11,22H,20-21H2. The Bertz CT molecular complexity index is 1050. The number of benzene rings is 3. The lowest BCUT2D eigenvalue weighted by atomic mass is 9.93. The van der Waals surface area contributed by atoms with Crippen LogP contribution in [0.4, 0.5) is 5.69 Å². The van der Waals surface area contributed by atoms with Gasteiger partial charge in [-0.25, -0.2) is 0 Å². The van der Waals surface area contributed by atoms with Gasteiger partial charge in [-0.3, -0.25) is 5.84 Å². The molecule has 1 aliphatic carbocycles. The van der Waals surface area contributed by atoms with Gasteiger partial charge >= 0.3 is 0 Å². The third kappa shape index (κ3) is 2.28. The number of hydrogen-bond acceptors (Lipinski definition) is 5. The summed E-state index contributed by atoms with van der Waals surface area (Å²) in [5, 5.41) is 5.43. The van der Waals surface area contributed by atoms with Crippen molar-refractivity contribution in [2.45, 2.75) is 0 Å². The highest BCUT2D eigenvalue weighted by Gasteiger charge is 2.16. The molecule has 0 unspecified atom stereocenters. The molecule has 24 heavy (non-hydrogen) atoms. The Kier molecular flexibility index (Phi) is 3.40. The average molecular weight is 316 g/mol. The van der Waals surface area contributed by atoms with Gasteiger partial charge in [0.25, 0.3) is 0 Å². The zero-order valence-corrected chi connectivity index (χ0v) is 12.9. The number of hydrazine groups is 1. The molecule has 5 nitrogen and oxygen atoms in total. The fourth-order valence-electron chi connectivity index (χ4n) is 2.96. The Morgan fingerprint density at radius 3 is 2.50 bits per heavy atom. The van der Waals surface area contributed by atoms with Gasteiger partial charge < -0.3 is 15.7 Å². The summed E-state index contributed by atoms with van der Waals surface area (Å²) in [5.41, 5.74) is 7.41. The van der Waals surface area contributed by atoms with Crippen molar-refractivity contribution in [1.29, 1.82) is 0 Å². The highest BCUT2D eigenvalue weighted by Crippen LogP contribution is 2.40. The Balaban J connectivity index is 2.16. The Labute approximate surface area is 138 Å². The zero-order valence-electron chi connectivity index (χ0n) is 12.9. The number of nitrogen functional groups attached to an aromatic ring is 1. The predicted molar refractivity (Wildman–Crippen MR) is 95.8 cm³/mol. The third-order valence-electron chi connectivity index (χ3n) is 4.08. The topological polar surface area (TPSA) is 89.6 Å². The lowest BCUT2D eigenvalue weighted by molar-refractivity contribution is 0.619. The molecule has 1 aliphatic heterocycles. The first-order valence-corrected chi connectivity index (χ1v) is 7.57. The number of fused-ring (bicyclic) bond motifs is 2. The van der Waals surface area contributed by atoms with Gasteiger partial charge in [-0.2, -0.15) is 5.10 Å². The van der Waals surface area contributed by atoms with Crippen molar-refractivity contribution in [3.05, 3.63) is 72.1 Å². The molecule has 0 fully saturated rings.